The molecule has 61 heavy (non-hydrogen) atoms. The van der Waals surface area contributed by atoms with E-state index in [1.54, 1.807) is 17.9 Å². The summed E-state index contributed by atoms with van der Waals surface area (Å²) in [4.78, 5) is 37.0. The third kappa shape index (κ3) is 8.43. The SMILES string of the molecule is COc1cc2c(cc1OCc1cc(OCCCC(C)(C)SSC)cc(COc3cc4c(cc3C)C(=O)N3c5ccccc5CC3CC4)n1)CCC1Cc3ccccc3N1C2=O. The molecule has 0 radical (unpaired) electrons. The second kappa shape index (κ2) is 17.3. The summed E-state index contributed by atoms with van der Waals surface area (Å²) in [5.74, 6) is 2.57. The molecule has 0 N–H and O–H groups in total. The van der Waals surface area contributed by atoms with E-state index in [-0.39, 0.29) is 41.9 Å². The Morgan fingerprint density at radius 3 is 1.85 bits per heavy atom. The molecule has 0 fully saturated rings. The van der Waals surface area contributed by atoms with E-state index >= 15 is 0 Å². The lowest BCUT2D eigenvalue weighted by atomic mass is 9.98. The maximum Gasteiger partial charge on any atom is 0.258 e. The van der Waals surface area contributed by atoms with Crippen molar-refractivity contribution in [3.8, 4) is 23.0 Å². The molecule has 11 heteroatoms. The number of aromatic nitrogens is 1. The Kier molecular flexibility index (Phi) is 11.7. The molecular weight excluding hydrogens is 803 g/mol. The summed E-state index contributed by atoms with van der Waals surface area (Å²) < 4.78 is 25.4. The average Bonchev–Trinajstić information content (AvgIpc) is 3.75. The van der Waals surface area contributed by atoms with E-state index in [4.69, 9.17) is 23.9 Å². The van der Waals surface area contributed by atoms with Gasteiger partial charge in [-0.1, -0.05) is 58.0 Å². The minimum Gasteiger partial charge on any atom is -0.493 e. The maximum absolute atomic E-state index is 14.1. The summed E-state index contributed by atoms with van der Waals surface area (Å²) in [6, 6.07) is 28.5. The number of carbonyl (C=O) groups excluding carboxylic acids is 2. The van der Waals surface area contributed by atoms with Gasteiger partial charge in [0.05, 0.1) is 25.1 Å². The normalized spacial score (nSPS) is 17.7. The van der Waals surface area contributed by atoms with Gasteiger partial charge in [0.2, 0.25) is 0 Å². The minimum atomic E-state index is 0.00122. The zero-order valence-corrected chi connectivity index (χ0v) is 37.3. The standard InChI is InChI=1S/C50H53N3O6S2/c1-31-21-41-32(15-17-38-22-34-11-6-8-13-43(34)52(38)48(41)54)24-45(31)58-29-36-26-40(57-20-10-19-50(2,3)61-60-5)27-37(51-36)30-59-47-25-33-16-18-39-23-35-12-7-9-14-44(35)53(39)49(55)42(33)28-46(47)56-4/h6-9,11-14,21,24-28,38-39H,10,15-20,22-23,29-30H2,1-5H3. The quantitative estimate of drug-likeness (QED) is 0.0800. The zero-order valence-electron chi connectivity index (χ0n) is 35.6. The highest BCUT2D eigenvalue weighted by atomic mass is 33.1. The van der Waals surface area contributed by atoms with Gasteiger partial charge in [-0.25, -0.2) is 0 Å². The molecule has 0 aliphatic carbocycles. The van der Waals surface area contributed by atoms with Gasteiger partial charge in [0, 0.05) is 51.5 Å². The fourth-order valence-electron chi connectivity index (χ4n) is 9.52. The highest BCUT2D eigenvalue weighted by molar-refractivity contribution is 8.76. The number of nitrogens with zero attached hydrogens (tertiary/aromatic N) is 3. The number of fused-ring (bicyclic) bond motifs is 8. The monoisotopic (exact) mass is 855 g/mol. The van der Waals surface area contributed by atoms with E-state index in [1.807, 2.05) is 88.2 Å². The van der Waals surface area contributed by atoms with Crippen molar-refractivity contribution in [1.82, 2.24) is 4.98 Å². The molecule has 4 aromatic carbocycles. The molecule has 4 aliphatic rings. The minimum absolute atomic E-state index is 0.00122. The van der Waals surface area contributed by atoms with Crippen LogP contribution in [-0.4, -0.2) is 53.6 Å². The lowest BCUT2D eigenvalue weighted by molar-refractivity contribution is 0.0973. The summed E-state index contributed by atoms with van der Waals surface area (Å²) in [7, 11) is 5.28. The van der Waals surface area contributed by atoms with E-state index in [2.05, 4.69) is 44.4 Å². The highest BCUT2D eigenvalue weighted by Crippen LogP contribution is 2.42. The van der Waals surface area contributed by atoms with Crippen molar-refractivity contribution in [1.29, 1.82) is 0 Å². The number of aryl methyl sites for hydroxylation is 3. The summed E-state index contributed by atoms with van der Waals surface area (Å²) in [6.45, 7) is 7.47. The fourth-order valence-corrected chi connectivity index (χ4v) is 11.8. The van der Waals surface area contributed by atoms with Gasteiger partial charge in [0.25, 0.3) is 11.8 Å². The molecule has 9 rings (SSSR count). The van der Waals surface area contributed by atoms with Gasteiger partial charge in [0.15, 0.2) is 11.5 Å². The van der Waals surface area contributed by atoms with Gasteiger partial charge >= 0.3 is 0 Å². The fraction of sp³-hybridized carbons (Fsp3) is 0.380. The molecule has 5 heterocycles. The second-order valence-electron chi connectivity index (χ2n) is 17.2. The van der Waals surface area contributed by atoms with E-state index in [0.717, 1.165) is 90.7 Å². The van der Waals surface area contributed by atoms with Crippen molar-refractivity contribution >= 4 is 44.8 Å². The van der Waals surface area contributed by atoms with E-state index in [9.17, 15) is 9.59 Å². The molecule has 5 aromatic rings. The van der Waals surface area contributed by atoms with Crippen LogP contribution in [0, 0.1) is 6.92 Å². The number of para-hydroxylation sites is 2. The zero-order chi connectivity index (χ0) is 42.3. The van der Waals surface area contributed by atoms with Crippen LogP contribution in [0.5, 0.6) is 23.0 Å². The van der Waals surface area contributed by atoms with Gasteiger partial charge in [0.1, 0.15) is 24.7 Å². The number of methoxy groups -OCH3 is 1. The lowest BCUT2D eigenvalue weighted by Gasteiger charge is -2.23. The second-order valence-corrected chi connectivity index (χ2v) is 20.3. The molecule has 0 spiro atoms. The van der Waals surface area contributed by atoms with E-state index in [0.29, 0.717) is 40.8 Å². The average molecular weight is 856 g/mol. The highest BCUT2D eigenvalue weighted by Gasteiger charge is 2.39. The number of ether oxygens (including phenoxy) is 4. The van der Waals surface area contributed by atoms with E-state index in [1.165, 1.54) is 11.1 Å². The molecule has 4 aliphatic heterocycles. The van der Waals surface area contributed by atoms with Crippen molar-refractivity contribution in [2.45, 2.75) is 102 Å². The Bertz CT molecular complexity index is 2490. The third-order valence-corrected chi connectivity index (χ3v) is 15.2. The first-order chi connectivity index (χ1) is 29.6. The van der Waals surface area contributed by atoms with Gasteiger partial charge in [-0.2, -0.15) is 0 Å². The predicted molar refractivity (Wildman–Crippen MR) is 245 cm³/mol. The van der Waals surface area contributed by atoms with Gasteiger partial charge in [-0.3, -0.25) is 14.6 Å². The van der Waals surface area contributed by atoms with Gasteiger partial charge < -0.3 is 28.7 Å². The summed E-state index contributed by atoms with van der Waals surface area (Å²) in [5, 5.41) is 0. The molecule has 316 valence electrons. The molecule has 1 aromatic heterocycles. The Hall–Kier alpha value is -5.13. The third-order valence-electron chi connectivity index (χ3n) is 12.5. The number of benzene rings is 4. The van der Waals surface area contributed by atoms with Crippen LogP contribution in [0.2, 0.25) is 0 Å². The van der Waals surface area contributed by atoms with Crippen LogP contribution in [0.25, 0.3) is 0 Å². The van der Waals surface area contributed by atoms with Crippen LogP contribution in [0.1, 0.15) is 99.5 Å². The number of carbonyl (C=O) groups is 2. The Morgan fingerprint density at radius 2 is 1.26 bits per heavy atom. The molecule has 0 saturated heterocycles. The lowest BCUT2D eigenvalue weighted by Crippen LogP contribution is -2.36. The number of anilines is 2. The first kappa shape index (κ1) is 41.2. The number of pyridine rings is 1. The van der Waals surface area contributed by atoms with Crippen molar-refractivity contribution < 1.29 is 28.5 Å². The number of rotatable bonds is 14. The van der Waals surface area contributed by atoms with Crippen molar-refractivity contribution in [2.75, 3.05) is 29.8 Å². The summed E-state index contributed by atoms with van der Waals surface area (Å²) >= 11 is 0. The van der Waals surface area contributed by atoms with Crippen LogP contribution in [0.15, 0.2) is 84.9 Å². The summed E-state index contributed by atoms with van der Waals surface area (Å²) in [5.41, 5.74) is 10.1. The number of amides is 2. The van der Waals surface area contributed by atoms with E-state index < -0.39 is 0 Å². The van der Waals surface area contributed by atoms with Crippen LogP contribution in [0.4, 0.5) is 11.4 Å². The summed E-state index contributed by atoms with van der Waals surface area (Å²) in [6.07, 6.45) is 9.11. The van der Waals surface area contributed by atoms with Crippen LogP contribution < -0.4 is 28.7 Å². The van der Waals surface area contributed by atoms with Crippen LogP contribution in [-0.2, 0) is 38.9 Å². The first-order valence-electron chi connectivity index (χ1n) is 21.4. The molecule has 2 unspecified atom stereocenters. The van der Waals surface area contributed by atoms with Crippen LogP contribution in [0.3, 0.4) is 0 Å². The largest absolute Gasteiger partial charge is 0.493 e. The van der Waals surface area contributed by atoms with Crippen molar-refractivity contribution in [3.63, 3.8) is 0 Å². The topological polar surface area (TPSA) is 90.4 Å². The Morgan fingerprint density at radius 1 is 0.705 bits per heavy atom. The molecule has 2 atom stereocenters. The smallest absolute Gasteiger partial charge is 0.258 e. The Labute approximate surface area is 366 Å². The predicted octanol–water partition coefficient (Wildman–Crippen LogP) is 10.5. The van der Waals surface area contributed by atoms with Gasteiger partial charge in [-0.05, 0) is 143 Å². The number of hydrogen-bond acceptors (Lipinski definition) is 9. The first-order valence-corrected chi connectivity index (χ1v) is 23.9. The number of hydrogen-bond donors (Lipinski definition) is 0. The maximum atomic E-state index is 14.1. The van der Waals surface area contributed by atoms with Crippen LogP contribution >= 0.6 is 21.6 Å². The molecule has 0 saturated carbocycles. The molecular formula is C50H53N3O6S2. The van der Waals surface area contributed by atoms with Crippen molar-refractivity contribution in [3.05, 3.63) is 135 Å². The Balaban J connectivity index is 0.939. The van der Waals surface area contributed by atoms with Crippen molar-refractivity contribution in [2.24, 2.45) is 0 Å². The molecule has 2 amide bonds. The molecule has 9 nitrogen and oxygen atoms in total. The van der Waals surface area contributed by atoms with Gasteiger partial charge in [-0.15, -0.1) is 0 Å². The molecule has 0 bridgehead atoms.